The van der Waals surface area contributed by atoms with Crippen molar-refractivity contribution in [1.82, 2.24) is 19.8 Å². The van der Waals surface area contributed by atoms with Gasteiger partial charge in [0.2, 0.25) is 5.28 Å². The third kappa shape index (κ3) is 7.35. The second-order valence-electron chi connectivity index (χ2n) is 9.05. The van der Waals surface area contributed by atoms with Crippen LogP contribution in [0.3, 0.4) is 0 Å². The van der Waals surface area contributed by atoms with Crippen LogP contribution in [0.2, 0.25) is 5.28 Å². The van der Waals surface area contributed by atoms with Crippen LogP contribution < -0.4 is 11.1 Å². The van der Waals surface area contributed by atoms with Gasteiger partial charge < -0.3 is 25.6 Å². The molecule has 0 bridgehead atoms. The predicted octanol–water partition coefficient (Wildman–Crippen LogP) is 4.77. The number of aromatic nitrogens is 2. The Kier molecular flexibility index (Phi) is 8.65. The molecule has 3 heterocycles. The van der Waals surface area contributed by atoms with E-state index in [9.17, 15) is 18.0 Å². The van der Waals surface area contributed by atoms with Gasteiger partial charge in [-0.2, -0.15) is 13.2 Å². The van der Waals surface area contributed by atoms with E-state index in [1.165, 1.54) is 6.07 Å². The van der Waals surface area contributed by atoms with Gasteiger partial charge in [0.1, 0.15) is 5.82 Å². The molecular weight excluding hydrogens is 485 g/mol. The summed E-state index contributed by atoms with van der Waals surface area (Å²) in [5.74, 6) is 1.21. The third-order valence-electron chi connectivity index (χ3n) is 5.11. The Bertz CT molecular complexity index is 1040. The lowest BCUT2D eigenvalue weighted by Gasteiger charge is -2.30. The molecule has 4 rings (SSSR count). The lowest BCUT2D eigenvalue weighted by Crippen LogP contribution is -2.46. The summed E-state index contributed by atoms with van der Waals surface area (Å²) in [6.45, 7) is 9.11. The number of alkyl halides is 3. The number of halogens is 4. The first-order chi connectivity index (χ1) is 16.4. The fraction of sp³-hybridized carbons (Fsp3) is 0.522. The van der Waals surface area contributed by atoms with E-state index < -0.39 is 11.7 Å². The van der Waals surface area contributed by atoms with Crippen molar-refractivity contribution in [2.24, 2.45) is 5.92 Å². The van der Waals surface area contributed by atoms with Gasteiger partial charge in [0.25, 0.3) is 0 Å². The van der Waals surface area contributed by atoms with Crippen LogP contribution in [0.25, 0.3) is 0 Å². The molecule has 1 aromatic heterocycles. The molecule has 0 atom stereocenters. The van der Waals surface area contributed by atoms with Crippen molar-refractivity contribution in [3.63, 3.8) is 0 Å². The number of carbonyl (C=O) groups excluding carboxylic acids is 1. The van der Waals surface area contributed by atoms with Crippen LogP contribution in [-0.4, -0.2) is 52.1 Å². The standard InChI is InChI=1S/C19H20ClF3N6O2.C4H10/c20-17-26-15-10-29(18(30)28-1-3-31-4-2-28)9-14(15)16(27-17)25-8-11-5-12(19(21,22)23)7-13(24)6-11;1-4(2)3/h5-7H,1-4,8-10,24H2,(H,25,26,27);4H,1-3H3. The molecule has 1 aromatic carbocycles. The highest BCUT2D eigenvalue weighted by Crippen LogP contribution is 2.32. The Morgan fingerprint density at radius 2 is 1.80 bits per heavy atom. The Hall–Kier alpha value is -2.79. The van der Waals surface area contributed by atoms with Gasteiger partial charge >= 0.3 is 12.2 Å². The van der Waals surface area contributed by atoms with Crippen LogP contribution in [-0.2, 0) is 30.5 Å². The van der Waals surface area contributed by atoms with Crippen molar-refractivity contribution < 1.29 is 22.7 Å². The molecule has 0 spiro atoms. The van der Waals surface area contributed by atoms with Gasteiger partial charge in [0, 0.05) is 30.9 Å². The first kappa shape index (κ1) is 26.8. The number of nitrogens with two attached hydrogens (primary N) is 1. The number of hydrogen-bond donors (Lipinski definition) is 2. The molecule has 192 valence electrons. The minimum absolute atomic E-state index is 0.00882. The molecule has 0 saturated carbocycles. The topological polar surface area (TPSA) is 96.6 Å². The van der Waals surface area contributed by atoms with Gasteiger partial charge in [-0.1, -0.05) is 20.8 Å². The summed E-state index contributed by atoms with van der Waals surface area (Å²) >= 11 is 6.04. The summed E-state index contributed by atoms with van der Waals surface area (Å²) < 4.78 is 44.4. The molecule has 3 N–H and O–H groups in total. The van der Waals surface area contributed by atoms with Crippen LogP contribution in [0.5, 0.6) is 0 Å². The molecule has 2 aromatic rings. The molecule has 2 amide bonds. The van der Waals surface area contributed by atoms with Crippen molar-refractivity contribution in [2.45, 2.75) is 46.6 Å². The fourth-order valence-corrected chi connectivity index (χ4v) is 3.82. The average Bonchev–Trinajstić information content (AvgIpc) is 3.20. The predicted molar refractivity (Wildman–Crippen MR) is 128 cm³/mol. The Balaban J connectivity index is 0.000000795. The van der Waals surface area contributed by atoms with Crippen molar-refractivity contribution in [2.75, 3.05) is 37.4 Å². The number of urea groups is 1. The molecule has 0 aliphatic carbocycles. The van der Waals surface area contributed by atoms with E-state index in [4.69, 9.17) is 22.1 Å². The number of fused-ring (bicyclic) bond motifs is 1. The number of anilines is 2. The van der Waals surface area contributed by atoms with Crippen molar-refractivity contribution in [3.05, 3.63) is 45.9 Å². The monoisotopic (exact) mass is 514 g/mol. The zero-order chi connectivity index (χ0) is 25.8. The van der Waals surface area contributed by atoms with Crippen molar-refractivity contribution >= 4 is 29.1 Å². The van der Waals surface area contributed by atoms with Crippen molar-refractivity contribution in [3.8, 4) is 0 Å². The SMILES string of the molecule is CC(C)C.Nc1cc(CNc2nc(Cl)nc3c2CN(C(=O)N2CCOCC2)C3)cc(C(F)(F)F)c1. The summed E-state index contributed by atoms with van der Waals surface area (Å²) in [4.78, 5) is 24.5. The van der Waals surface area contributed by atoms with Crippen LogP contribution in [0, 0.1) is 5.92 Å². The van der Waals surface area contributed by atoms with Gasteiger partial charge in [0.15, 0.2) is 0 Å². The highest BCUT2D eigenvalue weighted by atomic mass is 35.5. The van der Waals surface area contributed by atoms with Gasteiger partial charge in [-0.05, 0) is 41.3 Å². The molecule has 1 fully saturated rings. The van der Waals surface area contributed by atoms with E-state index in [1.54, 1.807) is 9.80 Å². The fourth-order valence-electron chi connectivity index (χ4n) is 3.63. The Morgan fingerprint density at radius 1 is 1.14 bits per heavy atom. The number of hydrogen-bond acceptors (Lipinski definition) is 6. The van der Waals surface area contributed by atoms with Gasteiger partial charge in [-0.25, -0.2) is 14.8 Å². The number of ether oxygens (including phenoxy) is 1. The smallest absolute Gasteiger partial charge is 0.399 e. The first-order valence-electron chi connectivity index (χ1n) is 11.3. The maximum atomic E-state index is 13.1. The second-order valence-corrected chi connectivity index (χ2v) is 9.39. The van der Waals surface area contributed by atoms with Crippen LogP contribution in [0.4, 0.5) is 29.5 Å². The molecule has 0 unspecified atom stereocenters. The summed E-state index contributed by atoms with van der Waals surface area (Å²) in [6, 6.07) is 3.24. The third-order valence-corrected chi connectivity index (χ3v) is 5.28. The zero-order valence-electron chi connectivity index (χ0n) is 20.0. The number of amides is 2. The molecule has 0 radical (unpaired) electrons. The van der Waals surface area contributed by atoms with Gasteiger partial charge in [0.05, 0.1) is 37.6 Å². The number of morpholine rings is 1. The molecule has 2 aliphatic rings. The number of benzene rings is 1. The quantitative estimate of drug-likeness (QED) is 0.452. The average molecular weight is 515 g/mol. The van der Waals surface area contributed by atoms with Gasteiger partial charge in [-0.3, -0.25) is 0 Å². The number of nitrogen functional groups attached to an aromatic ring is 1. The normalized spacial score (nSPS) is 15.5. The Morgan fingerprint density at radius 3 is 2.43 bits per heavy atom. The zero-order valence-corrected chi connectivity index (χ0v) is 20.7. The number of carbonyl (C=O) groups is 1. The van der Waals surface area contributed by atoms with E-state index >= 15 is 0 Å². The molecule has 35 heavy (non-hydrogen) atoms. The second kappa shape index (κ2) is 11.3. The van der Waals surface area contributed by atoms with Crippen LogP contribution in [0.1, 0.15) is 43.2 Å². The number of nitrogens with zero attached hydrogens (tertiary/aromatic N) is 4. The maximum Gasteiger partial charge on any atom is 0.416 e. The van der Waals surface area contributed by atoms with E-state index in [0.717, 1.165) is 18.1 Å². The first-order valence-corrected chi connectivity index (χ1v) is 11.7. The van der Waals surface area contributed by atoms with E-state index in [1.807, 2.05) is 0 Å². The molecular formula is C23H30ClF3N6O2. The molecule has 2 aliphatic heterocycles. The minimum atomic E-state index is -4.50. The highest BCUT2D eigenvalue weighted by molar-refractivity contribution is 6.28. The van der Waals surface area contributed by atoms with E-state index in [0.29, 0.717) is 48.9 Å². The molecule has 12 heteroatoms. The lowest BCUT2D eigenvalue weighted by atomic mass is 10.1. The summed E-state index contributed by atoms with van der Waals surface area (Å²) in [7, 11) is 0. The molecule has 1 saturated heterocycles. The summed E-state index contributed by atoms with van der Waals surface area (Å²) in [5, 5.41) is 3.01. The highest BCUT2D eigenvalue weighted by Gasteiger charge is 2.32. The van der Waals surface area contributed by atoms with Crippen LogP contribution in [0.15, 0.2) is 18.2 Å². The van der Waals surface area contributed by atoms with Crippen LogP contribution >= 0.6 is 11.6 Å². The maximum absolute atomic E-state index is 13.1. The number of rotatable bonds is 3. The number of nitrogens with one attached hydrogen (secondary N) is 1. The minimum Gasteiger partial charge on any atom is -0.399 e. The summed E-state index contributed by atoms with van der Waals surface area (Å²) in [6.07, 6.45) is -4.50. The largest absolute Gasteiger partial charge is 0.416 e. The van der Waals surface area contributed by atoms with Gasteiger partial charge in [-0.15, -0.1) is 0 Å². The van der Waals surface area contributed by atoms with E-state index in [2.05, 4.69) is 36.1 Å². The summed E-state index contributed by atoms with van der Waals surface area (Å²) in [5.41, 5.74) is 6.45. The lowest BCUT2D eigenvalue weighted by molar-refractivity contribution is -0.137. The van der Waals surface area contributed by atoms with E-state index in [-0.39, 0.29) is 36.6 Å². The molecule has 8 nitrogen and oxygen atoms in total. The van der Waals surface area contributed by atoms with Crippen molar-refractivity contribution in [1.29, 1.82) is 0 Å². The Labute approximate surface area is 207 Å².